The molecule has 0 atom stereocenters. The van der Waals surface area contributed by atoms with Gasteiger partial charge in [0.25, 0.3) is 0 Å². The van der Waals surface area contributed by atoms with Crippen LogP contribution in [0.4, 0.5) is 0 Å². The van der Waals surface area contributed by atoms with Crippen molar-refractivity contribution in [3.63, 3.8) is 0 Å². The molecule has 4 heteroatoms. The van der Waals surface area contributed by atoms with E-state index in [0.717, 1.165) is 38.5 Å². The quantitative estimate of drug-likeness (QED) is 0.768. The highest BCUT2D eigenvalue weighted by Gasteiger charge is 2.65. The molecule has 0 heterocycles. The van der Waals surface area contributed by atoms with Gasteiger partial charge in [0.05, 0.1) is 0 Å². The molecular weight excluding hydrogens is 272 g/mol. The third-order valence-electron chi connectivity index (χ3n) is 5.26. The zero-order valence-electron chi connectivity index (χ0n) is 11.9. The van der Waals surface area contributed by atoms with Crippen molar-refractivity contribution in [3.8, 4) is 24.7 Å². The Bertz CT molecular complexity index is 475. The molecule has 2 aliphatic carbocycles. The van der Waals surface area contributed by atoms with Crippen LogP contribution in [-0.4, -0.2) is 22.8 Å². The molecule has 0 saturated heterocycles. The predicted octanol–water partition coefficient (Wildman–Crippen LogP) is 3.42. The molecule has 2 aliphatic rings. The third kappa shape index (κ3) is 1.86. The highest BCUT2D eigenvalue weighted by Crippen LogP contribution is 2.56. The van der Waals surface area contributed by atoms with E-state index >= 15 is 0 Å². The monoisotopic (exact) mass is 296 g/mol. The fourth-order valence-corrected chi connectivity index (χ4v) is 7.08. The largest absolute Gasteiger partial charge is 0.305 e. The maximum Gasteiger partial charge on any atom is 0.130 e. The van der Waals surface area contributed by atoms with Crippen LogP contribution in [0.5, 0.6) is 0 Å². The molecule has 0 unspecified atom stereocenters. The molecule has 0 bridgehead atoms. The number of terminal acetylenes is 2. The number of hydrogen-bond acceptors (Lipinski definition) is 1. The van der Waals surface area contributed by atoms with Crippen molar-refractivity contribution in [2.45, 2.75) is 73.7 Å². The first-order valence-electron chi connectivity index (χ1n) is 7.43. The van der Waals surface area contributed by atoms with Crippen molar-refractivity contribution in [3.05, 3.63) is 0 Å². The van der Waals surface area contributed by atoms with Crippen LogP contribution in [0, 0.1) is 24.7 Å². The van der Waals surface area contributed by atoms with E-state index in [2.05, 4.69) is 11.8 Å². The van der Waals surface area contributed by atoms with Crippen molar-refractivity contribution in [2.75, 3.05) is 0 Å². The first-order valence-corrected chi connectivity index (χ1v) is 9.31. The minimum absolute atomic E-state index is 0.380. The van der Waals surface area contributed by atoms with Crippen molar-refractivity contribution in [1.29, 1.82) is 0 Å². The van der Waals surface area contributed by atoms with E-state index < -0.39 is 19.1 Å². The fraction of sp³-hybridized carbons (Fsp3) is 0.750. The van der Waals surface area contributed by atoms with Gasteiger partial charge >= 0.3 is 0 Å². The fourth-order valence-electron chi connectivity index (χ4n) is 3.86. The van der Waals surface area contributed by atoms with Gasteiger partial charge in [0.2, 0.25) is 0 Å². The summed E-state index contributed by atoms with van der Waals surface area (Å²) in [6.45, 7) is 0. The Hall–Kier alpha value is -0.810. The van der Waals surface area contributed by atoms with E-state index in [1.165, 1.54) is 0 Å². The predicted molar refractivity (Wildman–Crippen MR) is 82.7 cm³/mol. The van der Waals surface area contributed by atoms with Gasteiger partial charge < -0.3 is 9.11 Å². The topological polar surface area (TPSA) is 57.5 Å². The second-order valence-electron chi connectivity index (χ2n) is 6.26. The third-order valence-corrected chi connectivity index (χ3v) is 9.13. The van der Waals surface area contributed by atoms with Crippen LogP contribution < -0.4 is 0 Å². The normalized spacial score (nSPS) is 27.5. The maximum atomic E-state index is 13.4. The van der Waals surface area contributed by atoms with Crippen LogP contribution in [-0.2, 0) is 9.63 Å². The minimum Gasteiger partial charge on any atom is -0.305 e. The summed E-state index contributed by atoms with van der Waals surface area (Å²) in [4.78, 5) is 0. The van der Waals surface area contributed by atoms with E-state index in [-0.39, 0.29) is 0 Å². The lowest BCUT2D eigenvalue weighted by Crippen LogP contribution is -2.68. The summed E-state index contributed by atoms with van der Waals surface area (Å²) in [7, 11) is -5.12. The second kappa shape index (κ2) is 4.88. The van der Waals surface area contributed by atoms with Gasteiger partial charge in [0, 0.05) is 0 Å². The molecule has 0 aromatic heterocycles. The zero-order chi connectivity index (χ0) is 14.9. The molecule has 3 nitrogen and oxygen atoms in total. The van der Waals surface area contributed by atoms with Gasteiger partial charge in [0.1, 0.15) is 19.1 Å². The molecule has 2 N–H and O–H groups in total. The molecule has 20 heavy (non-hydrogen) atoms. The lowest BCUT2D eigenvalue weighted by molar-refractivity contribution is 0.277. The summed E-state index contributed by atoms with van der Waals surface area (Å²) in [5.41, 5.74) is 0. The van der Waals surface area contributed by atoms with Crippen LogP contribution in [0.1, 0.15) is 64.2 Å². The molecule has 2 saturated carbocycles. The Kier molecular flexibility index (Phi) is 3.80. The second-order valence-corrected chi connectivity index (χ2v) is 9.56. The molecule has 0 spiro atoms. The van der Waals surface area contributed by atoms with E-state index in [9.17, 15) is 13.3 Å². The van der Waals surface area contributed by atoms with Crippen LogP contribution in [0.25, 0.3) is 0 Å². The molecule has 0 aromatic rings. The van der Waals surface area contributed by atoms with Gasteiger partial charge in [-0.3, -0.25) is 0 Å². The van der Waals surface area contributed by atoms with E-state index in [1.807, 2.05) is 0 Å². The van der Waals surface area contributed by atoms with Crippen molar-refractivity contribution < 1.29 is 13.3 Å². The Morgan fingerprint density at radius 2 is 1.05 bits per heavy atom. The highest BCUT2D eigenvalue weighted by atomic mass is 32.3. The smallest absolute Gasteiger partial charge is 0.130 e. The van der Waals surface area contributed by atoms with Gasteiger partial charge in [-0.15, -0.1) is 12.8 Å². The molecule has 0 amide bonds. The van der Waals surface area contributed by atoms with Crippen LogP contribution in [0.3, 0.4) is 0 Å². The number of rotatable bonds is 2. The van der Waals surface area contributed by atoms with Crippen molar-refractivity contribution in [1.82, 2.24) is 0 Å². The van der Waals surface area contributed by atoms with Crippen molar-refractivity contribution in [2.24, 2.45) is 0 Å². The lowest BCUT2D eigenvalue weighted by Gasteiger charge is -2.57. The van der Waals surface area contributed by atoms with Crippen molar-refractivity contribution >= 4 is 9.63 Å². The average molecular weight is 296 g/mol. The Morgan fingerprint density at radius 3 is 1.30 bits per heavy atom. The van der Waals surface area contributed by atoms with Gasteiger partial charge in [-0.25, -0.2) is 4.21 Å². The van der Waals surface area contributed by atoms with E-state index in [1.54, 1.807) is 0 Å². The first-order chi connectivity index (χ1) is 9.32. The molecule has 2 rings (SSSR count). The van der Waals surface area contributed by atoms with Gasteiger partial charge in [-0.1, -0.05) is 50.4 Å². The molecule has 112 valence electrons. The summed E-state index contributed by atoms with van der Waals surface area (Å²) in [5.74, 6) is 4.99. The first kappa shape index (κ1) is 15.6. The summed E-state index contributed by atoms with van der Waals surface area (Å²) in [6, 6.07) is 0. The van der Waals surface area contributed by atoms with E-state index in [4.69, 9.17) is 12.8 Å². The number of hydrogen-bond donors (Lipinski definition) is 2. The molecule has 0 radical (unpaired) electrons. The van der Waals surface area contributed by atoms with Gasteiger partial charge in [-0.2, -0.15) is 0 Å². The zero-order valence-corrected chi connectivity index (χ0v) is 12.8. The Labute approximate surface area is 122 Å². The highest BCUT2D eigenvalue weighted by molar-refractivity contribution is 8.13. The van der Waals surface area contributed by atoms with Crippen LogP contribution in [0.15, 0.2) is 0 Å². The minimum atomic E-state index is -5.12. The lowest BCUT2D eigenvalue weighted by atomic mass is 9.88. The SMILES string of the molecule is C#CC1(S(=O)(O)(O)C2(C#C)CCCCC2)CCCCC1. The molecular formula is C16H24O3S. The van der Waals surface area contributed by atoms with Crippen LogP contribution in [0.2, 0.25) is 0 Å². The summed E-state index contributed by atoms with van der Waals surface area (Å²) in [6.07, 6.45) is 17.8. The van der Waals surface area contributed by atoms with Crippen LogP contribution >= 0.6 is 0 Å². The van der Waals surface area contributed by atoms with Gasteiger partial charge in [-0.05, 0) is 25.7 Å². The van der Waals surface area contributed by atoms with E-state index in [0.29, 0.717) is 25.7 Å². The molecule has 2 fully saturated rings. The Balaban J connectivity index is 2.56. The van der Waals surface area contributed by atoms with Gasteiger partial charge in [0.15, 0.2) is 0 Å². The summed E-state index contributed by atoms with van der Waals surface area (Å²) >= 11 is 0. The molecule has 0 aromatic carbocycles. The average Bonchev–Trinajstić information content (AvgIpc) is 2.47. The summed E-state index contributed by atoms with van der Waals surface area (Å²) < 4.78 is 32.6. The summed E-state index contributed by atoms with van der Waals surface area (Å²) in [5, 5.41) is 0. The Morgan fingerprint density at radius 1 is 0.750 bits per heavy atom. The molecule has 0 aliphatic heterocycles. The maximum absolute atomic E-state index is 13.4. The standard InChI is InChI=1S/C16H24O3S/c1-3-15(11-7-5-8-12-15)20(17,18,19)16(4-2)13-9-6-10-14-16/h1-2H,5-14H2,(H2,17,18,19).